The number of primary amides is 1. The van der Waals surface area contributed by atoms with E-state index in [1.54, 1.807) is 38.3 Å². The lowest BCUT2D eigenvalue weighted by atomic mass is 9.76. The minimum absolute atomic E-state index is 0.0121. The van der Waals surface area contributed by atoms with Crippen LogP contribution in [0.3, 0.4) is 0 Å². The summed E-state index contributed by atoms with van der Waals surface area (Å²) in [5.41, 5.74) is 6.58. The van der Waals surface area contributed by atoms with E-state index >= 15 is 0 Å². The maximum atomic E-state index is 13.9. The second kappa shape index (κ2) is 9.59. The maximum absolute atomic E-state index is 13.9. The van der Waals surface area contributed by atoms with Crippen molar-refractivity contribution in [1.29, 1.82) is 0 Å². The highest BCUT2D eigenvalue weighted by molar-refractivity contribution is 6.32. The molecule has 0 radical (unpaired) electrons. The molecule has 0 unspecified atom stereocenters. The summed E-state index contributed by atoms with van der Waals surface area (Å²) in [5, 5.41) is 6.66. The fourth-order valence-corrected chi connectivity index (χ4v) is 6.25. The third-order valence-electron chi connectivity index (χ3n) is 7.95. The summed E-state index contributed by atoms with van der Waals surface area (Å²) in [6.45, 7) is 1.92. The number of benzene rings is 2. The van der Waals surface area contributed by atoms with Crippen LogP contribution in [0.2, 0.25) is 5.02 Å². The zero-order chi connectivity index (χ0) is 27.4. The number of methoxy groups -OCH3 is 2. The van der Waals surface area contributed by atoms with Crippen molar-refractivity contribution in [2.45, 2.75) is 37.8 Å². The van der Waals surface area contributed by atoms with E-state index in [0.717, 1.165) is 5.56 Å². The lowest BCUT2D eigenvalue weighted by Crippen LogP contribution is -2.53. The van der Waals surface area contributed by atoms with Gasteiger partial charge in [-0.2, -0.15) is 0 Å². The number of fused-ring (bicyclic) bond motifs is 4. The van der Waals surface area contributed by atoms with Gasteiger partial charge in [0.15, 0.2) is 11.5 Å². The molecule has 38 heavy (non-hydrogen) atoms. The van der Waals surface area contributed by atoms with Gasteiger partial charge in [0.1, 0.15) is 5.54 Å². The zero-order valence-corrected chi connectivity index (χ0v) is 22.1. The van der Waals surface area contributed by atoms with E-state index in [4.69, 9.17) is 26.8 Å². The Morgan fingerprint density at radius 3 is 2.53 bits per heavy atom. The number of imide groups is 1. The summed E-state index contributed by atoms with van der Waals surface area (Å²) >= 11 is 6.31. The second-order valence-corrected chi connectivity index (χ2v) is 10.3. The normalized spacial score (nSPS) is 25.5. The molecule has 2 aromatic rings. The molecule has 4 N–H and O–H groups in total. The van der Waals surface area contributed by atoms with Crippen molar-refractivity contribution >= 4 is 40.9 Å². The van der Waals surface area contributed by atoms with Crippen molar-refractivity contribution in [2.75, 3.05) is 26.1 Å². The average molecular weight is 541 g/mol. The molecule has 3 heterocycles. The van der Waals surface area contributed by atoms with E-state index in [1.807, 2.05) is 6.07 Å². The van der Waals surface area contributed by atoms with Gasteiger partial charge in [0.2, 0.25) is 23.6 Å². The lowest BCUT2D eigenvalue weighted by Gasteiger charge is -2.29. The number of nitrogens with zero attached hydrogens (tertiary/aromatic N) is 1. The number of carbonyl (C=O) groups excluding carboxylic acids is 4. The van der Waals surface area contributed by atoms with Crippen molar-refractivity contribution in [3.8, 4) is 11.5 Å². The zero-order valence-electron chi connectivity index (χ0n) is 21.3. The van der Waals surface area contributed by atoms with Gasteiger partial charge in [-0.1, -0.05) is 23.7 Å². The first-order valence-corrected chi connectivity index (χ1v) is 12.7. The number of ether oxygens (including phenoxy) is 2. The summed E-state index contributed by atoms with van der Waals surface area (Å²) in [5.74, 6) is -2.41. The minimum atomic E-state index is -1.46. The Kier molecular flexibility index (Phi) is 6.56. The molecule has 200 valence electrons. The van der Waals surface area contributed by atoms with E-state index in [9.17, 15) is 19.2 Å². The van der Waals surface area contributed by atoms with Crippen LogP contribution in [0.25, 0.3) is 0 Å². The number of rotatable bonds is 8. The van der Waals surface area contributed by atoms with Crippen LogP contribution < -0.4 is 25.8 Å². The summed E-state index contributed by atoms with van der Waals surface area (Å²) in [4.78, 5) is 54.1. The largest absolute Gasteiger partial charge is 0.493 e. The summed E-state index contributed by atoms with van der Waals surface area (Å²) in [6, 6.07) is 8.22. The maximum Gasteiger partial charge on any atom is 0.250 e. The Bertz CT molecular complexity index is 1360. The van der Waals surface area contributed by atoms with Crippen LogP contribution in [0.15, 0.2) is 30.3 Å². The Labute approximate surface area is 224 Å². The number of likely N-dealkylation sites (tertiary alicyclic amines) is 1. The molecule has 4 amide bonds. The van der Waals surface area contributed by atoms with Crippen LogP contribution in [0.5, 0.6) is 11.5 Å². The van der Waals surface area contributed by atoms with Gasteiger partial charge >= 0.3 is 0 Å². The van der Waals surface area contributed by atoms with Crippen molar-refractivity contribution in [3.05, 3.63) is 52.0 Å². The smallest absolute Gasteiger partial charge is 0.250 e. The molecular formula is C27H29ClN4O6. The molecule has 2 fully saturated rings. The SMILES string of the molecule is COc1ccc(CCN2C(=O)[C@@H]3[C@@H](CCC(N)=O)N[C@@]4(C(=O)Nc5c4ccc(Cl)c5C)[C@H]3C2=O)cc1OC. The van der Waals surface area contributed by atoms with Crippen LogP contribution in [-0.4, -0.2) is 55.3 Å². The standard InChI is InChI=1S/C27H29ClN4O6/c1-13-16(28)6-5-15-23(13)30-26(36)27(15)22-21(17(31-27)7-9-20(29)33)24(34)32(25(22)35)11-10-14-4-8-18(37-2)19(12-14)38-3/h4-6,8,12,17,21-22,31H,7,9-11H2,1-3H3,(H2,29,33)(H,30,36)/t17-,21-,22-,27-/m1/s1. The molecule has 3 aliphatic rings. The number of hydrogen-bond acceptors (Lipinski definition) is 7. The molecule has 5 rings (SSSR count). The van der Waals surface area contributed by atoms with Gasteiger partial charge < -0.3 is 20.5 Å². The van der Waals surface area contributed by atoms with Crippen molar-refractivity contribution in [3.63, 3.8) is 0 Å². The van der Waals surface area contributed by atoms with Gasteiger partial charge in [-0.3, -0.25) is 29.4 Å². The third kappa shape index (κ3) is 3.82. The molecule has 0 aromatic heterocycles. The molecule has 4 atom stereocenters. The molecule has 2 aromatic carbocycles. The fraction of sp³-hybridized carbons (Fsp3) is 0.407. The van der Waals surface area contributed by atoms with E-state index in [1.165, 1.54) is 12.0 Å². The van der Waals surface area contributed by atoms with Crippen LogP contribution in [0, 0.1) is 18.8 Å². The lowest BCUT2D eigenvalue weighted by molar-refractivity contribution is -0.142. The predicted octanol–water partition coefficient (Wildman–Crippen LogP) is 1.89. The molecule has 1 spiro atoms. The third-order valence-corrected chi connectivity index (χ3v) is 8.36. The molecular weight excluding hydrogens is 512 g/mol. The number of amides is 4. The Morgan fingerprint density at radius 1 is 1.11 bits per heavy atom. The first kappa shape index (κ1) is 26.0. The van der Waals surface area contributed by atoms with Crippen LogP contribution in [0.4, 0.5) is 5.69 Å². The first-order valence-electron chi connectivity index (χ1n) is 12.4. The number of nitrogens with one attached hydrogen (secondary N) is 2. The van der Waals surface area contributed by atoms with E-state index < -0.39 is 41.1 Å². The van der Waals surface area contributed by atoms with Gasteiger partial charge in [0.05, 0.1) is 31.7 Å². The fourth-order valence-electron chi connectivity index (χ4n) is 6.09. The highest BCUT2D eigenvalue weighted by Crippen LogP contribution is 2.54. The van der Waals surface area contributed by atoms with Crippen molar-refractivity contribution in [2.24, 2.45) is 17.6 Å². The average Bonchev–Trinajstić information content (AvgIpc) is 3.48. The van der Waals surface area contributed by atoms with Crippen LogP contribution in [0.1, 0.15) is 29.5 Å². The molecule has 11 heteroatoms. The monoisotopic (exact) mass is 540 g/mol. The molecule has 2 saturated heterocycles. The van der Waals surface area contributed by atoms with Crippen LogP contribution in [-0.2, 0) is 31.1 Å². The van der Waals surface area contributed by atoms with E-state index in [2.05, 4.69) is 10.6 Å². The Hall–Kier alpha value is -3.63. The highest BCUT2D eigenvalue weighted by atomic mass is 35.5. The van der Waals surface area contributed by atoms with Gasteiger partial charge in [-0.15, -0.1) is 0 Å². The number of carbonyl (C=O) groups is 4. The number of halogens is 1. The van der Waals surface area contributed by atoms with E-state index in [0.29, 0.717) is 39.8 Å². The van der Waals surface area contributed by atoms with Crippen molar-refractivity contribution in [1.82, 2.24) is 10.2 Å². The highest BCUT2D eigenvalue weighted by Gasteiger charge is 2.70. The molecule has 0 bridgehead atoms. The van der Waals surface area contributed by atoms with Gasteiger partial charge in [-0.25, -0.2) is 0 Å². The van der Waals surface area contributed by atoms with Gasteiger partial charge in [0, 0.05) is 29.6 Å². The summed E-state index contributed by atoms with van der Waals surface area (Å²) in [7, 11) is 3.08. The van der Waals surface area contributed by atoms with Crippen molar-refractivity contribution < 1.29 is 28.7 Å². The number of nitrogens with two attached hydrogens (primary N) is 1. The number of hydrogen-bond donors (Lipinski definition) is 3. The van der Waals surface area contributed by atoms with E-state index in [-0.39, 0.29) is 25.3 Å². The molecule has 0 saturated carbocycles. The topological polar surface area (TPSA) is 140 Å². The Morgan fingerprint density at radius 2 is 1.84 bits per heavy atom. The second-order valence-electron chi connectivity index (χ2n) is 9.88. The molecule has 0 aliphatic carbocycles. The quantitative estimate of drug-likeness (QED) is 0.434. The minimum Gasteiger partial charge on any atom is -0.493 e. The molecule has 10 nitrogen and oxygen atoms in total. The summed E-state index contributed by atoms with van der Waals surface area (Å²) in [6.07, 6.45) is 0.620. The van der Waals surface area contributed by atoms with Gasteiger partial charge in [-0.05, 0) is 49.1 Å². The number of anilines is 1. The Balaban J connectivity index is 1.50. The predicted molar refractivity (Wildman–Crippen MR) is 139 cm³/mol. The van der Waals surface area contributed by atoms with Gasteiger partial charge in [0.25, 0.3) is 0 Å². The molecule has 3 aliphatic heterocycles. The van der Waals surface area contributed by atoms with Crippen LogP contribution >= 0.6 is 11.6 Å². The summed E-state index contributed by atoms with van der Waals surface area (Å²) < 4.78 is 10.6. The first-order chi connectivity index (χ1) is 18.1.